The van der Waals surface area contributed by atoms with Crippen LogP contribution in [0.25, 0.3) is 5.57 Å². The number of non-ortho nitro benzene ring substituents is 1. The second-order valence-electron chi connectivity index (χ2n) is 7.14. The molecule has 6 nitrogen and oxygen atoms in total. The molecule has 1 atom stereocenters. The maximum absolute atomic E-state index is 11.4. The number of hydrogen-bond acceptors (Lipinski definition) is 5. The Balaban J connectivity index is 1.90. The van der Waals surface area contributed by atoms with Crippen LogP contribution in [0, 0.1) is 20.2 Å². The molecule has 7 heteroatoms. The van der Waals surface area contributed by atoms with Crippen molar-refractivity contribution in [1.29, 1.82) is 0 Å². The van der Waals surface area contributed by atoms with Gasteiger partial charge in [-0.3, -0.25) is 20.2 Å². The van der Waals surface area contributed by atoms with Gasteiger partial charge in [-0.15, -0.1) is 11.8 Å². The summed E-state index contributed by atoms with van der Waals surface area (Å²) in [5.74, 6) is 0.460. The van der Waals surface area contributed by atoms with E-state index >= 15 is 0 Å². The Kier molecular flexibility index (Phi) is 6.14. The zero-order valence-corrected chi connectivity index (χ0v) is 16.6. The predicted molar refractivity (Wildman–Crippen MR) is 112 cm³/mol. The van der Waals surface area contributed by atoms with Gasteiger partial charge in [-0.25, -0.2) is 0 Å². The number of hydrogen-bond donors (Lipinski definition) is 0. The van der Waals surface area contributed by atoms with E-state index in [-0.39, 0.29) is 16.6 Å². The van der Waals surface area contributed by atoms with Crippen molar-refractivity contribution in [3.63, 3.8) is 0 Å². The molecule has 0 N–H and O–H groups in total. The Hall–Kier alpha value is -2.67. The van der Waals surface area contributed by atoms with E-state index in [2.05, 4.69) is 44.2 Å². The first kappa shape index (κ1) is 20.1. The molecule has 0 saturated carbocycles. The van der Waals surface area contributed by atoms with Crippen molar-refractivity contribution < 1.29 is 9.85 Å². The van der Waals surface area contributed by atoms with E-state index in [1.165, 1.54) is 35.0 Å². The minimum Gasteiger partial charge on any atom is -0.258 e. The molecule has 0 fully saturated rings. The van der Waals surface area contributed by atoms with Crippen molar-refractivity contribution in [3.05, 3.63) is 79.9 Å². The summed E-state index contributed by atoms with van der Waals surface area (Å²) in [7, 11) is 0. The first-order valence-electron chi connectivity index (χ1n) is 9.26. The number of nitro groups is 2. The molecular formula is C21H22N2O4S. The zero-order valence-electron chi connectivity index (χ0n) is 15.8. The third-order valence-electron chi connectivity index (χ3n) is 4.91. The molecule has 0 spiro atoms. The summed E-state index contributed by atoms with van der Waals surface area (Å²) in [4.78, 5) is 21.7. The van der Waals surface area contributed by atoms with Crippen LogP contribution >= 0.6 is 11.8 Å². The molecule has 3 rings (SSSR count). The van der Waals surface area contributed by atoms with Crippen LogP contribution in [0.3, 0.4) is 0 Å². The Bertz CT molecular complexity index is 923. The molecule has 0 heterocycles. The van der Waals surface area contributed by atoms with E-state index < -0.39 is 9.85 Å². The molecule has 146 valence electrons. The van der Waals surface area contributed by atoms with Crippen molar-refractivity contribution >= 4 is 28.7 Å². The Morgan fingerprint density at radius 2 is 1.75 bits per heavy atom. The lowest BCUT2D eigenvalue weighted by molar-refractivity contribution is -0.396. The van der Waals surface area contributed by atoms with Crippen molar-refractivity contribution in [3.8, 4) is 0 Å². The summed E-state index contributed by atoms with van der Waals surface area (Å²) < 4.78 is 0. The van der Waals surface area contributed by atoms with Crippen LogP contribution in [-0.2, 0) is 0 Å². The number of rotatable bonds is 6. The Labute approximate surface area is 168 Å². The molecule has 0 amide bonds. The lowest BCUT2D eigenvalue weighted by Crippen LogP contribution is -2.10. The van der Waals surface area contributed by atoms with Crippen LogP contribution < -0.4 is 0 Å². The summed E-state index contributed by atoms with van der Waals surface area (Å²) in [6.07, 6.45) is 5.13. The minimum absolute atomic E-state index is 0.0822. The molecule has 28 heavy (non-hydrogen) atoms. The van der Waals surface area contributed by atoms with Crippen molar-refractivity contribution in [1.82, 2.24) is 0 Å². The van der Waals surface area contributed by atoms with E-state index in [1.807, 2.05) is 0 Å². The zero-order chi connectivity index (χ0) is 20.3. The van der Waals surface area contributed by atoms with E-state index in [0.717, 1.165) is 30.9 Å². The fourth-order valence-corrected chi connectivity index (χ4v) is 4.70. The molecule has 0 radical (unpaired) electrons. The van der Waals surface area contributed by atoms with Gasteiger partial charge >= 0.3 is 0 Å². The van der Waals surface area contributed by atoms with Gasteiger partial charge in [0.2, 0.25) is 0 Å². The monoisotopic (exact) mass is 398 g/mol. The molecular weight excluding hydrogens is 376 g/mol. The normalized spacial score (nSPS) is 16.7. The highest BCUT2D eigenvalue weighted by atomic mass is 32.2. The number of nitrogens with zero attached hydrogens (tertiary/aromatic N) is 2. The van der Waals surface area contributed by atoms with Crippen LogP contribution in [-0.4, -0.2) is 15.1 Å². The molecule has 1 aliphatic carbocycles. The van der Waals surface area contributed by atoms with Crippen molar-refractivity contribution in [2.75, 3.05) is 0 Å². The van der Waals surface area contributed by atoms with Gasteiger partial charge in [-0.1, -0.05) is 44.2 Å². The fraction of sp³-hybridized carbons (Fsp3) is 0.333. The average molecular weight is 398 g/mol. The van der Waals surface area contributed by atoms with Crippen molar-refractivity contribution in [2.45, 2.75) is 49.2 Å². The minimum atomic E-state index is -0.607. The molecule has 2 aromatic carbocycles. The number of thioether (sulfide) groups is 1. The SMILES string of the molecule is CC(C)c1ccc(C2=CCCCC2Sc2ccc([N+](=O)[O-])cc2[N+](=O)[O-])cc1. The number of allylic oxidation sites excluding steroid dienone is 1. The van der Waals surface area contributed by atoms with Gasteiger partial charge in [0.15, 0.2) is 0 Å². The molecule has 0 aliphatic heterocycles. The summed E-state index contributed by atoms with van der Waals surface area (Å²) in [5, 5.41) is 22.5. The predicted octanol–water partition coefficient (Wildman–Crippen LogP) is 6.35. The third kappa shape index (κ3) is 4.42. The van der Waals surface area contributed by atoms with Crippen LogP contribution in [0.1, 0.15) is 50.2 Å². The van der Waals surface area contributed by atoms with Crippen LogP contribution in [0.4, 0.5) is 11.4 Å². The summed E-state index contributed by atoms with van der Waals surface area (Å²) in [5.41, 5.74) is 3.11. The molecule has 0 bridgehead atoms. The second-order valence-corrected chi connectivity index (χ2v) is 8.38. The molecule has 0 aromatic heterocycles. The third-order valence-corrected chi connectivity index (χ3v) is 6.28. The summed E-state index contributed by atoms with van der Waals surface area (Å²) >= 11 is 1.42. The largest absolute Gasteiger partial charge is 0.289 e. The lowest BCUT2D eigenvalue weighted by Gasteiger charge is -2.24. The van der Waals surface area contributed by atoms with E-state index in [1.54, 1.807) is 0 Å². The van der Waals surface area contributed by atoms with E-state index in [4.69, 9.17) is 0 Å². The lowest BCUT2D eigenvalue weighted by atomic mass is 9.91. The number of nitro benzene ring substituents is 2. The van der Waals surface area contributed by atoms with Crippen LogP contribution in [0.15, 0.2) is 53.4 Å². The first-order valence-corrected chi connectivity index (χ1v) is 10.1. The van der Waals surface area contributed by atoms with Gasteiger partial charge in [-0.05, 0) is 47.9 Å². The van der Waals surface area contributed by atoms with E-state index in [9.17, 15) is 20.2 Å². The highest BCUT2D eigenvalue weighted by molar-refractivity contribution is 8.00. The molecule has 2 aromatic rings. The second kappa shape index (κ2) is 8.56. The highest BCUT2D eigenvalue weighted by Crippen LogP contribution is 2.43. The Morgan fingerprint density at radius 3 is 2.36 bits per heavy atom. The maximum Gasteiger partial charge on any atom is 0.289 e. The smallest absolute Gasteiger partial charge is 0.258 e. The van der Waals surface area contributed by atoms with Gasteiger partial charge < -0.3 is 0 Å². The van der Waals surface area contributed by atoms with Gasteiger partial charge in [0.25, 0.3) is 11.4 Å². The standard InChI is InChI=1S/C21H22N2O4S/c1-14(2)15-7-9-16(10-8-15)18-5-3-4-6-20(18)28-21-12-11-17(22(24)25)13-19(21)23(26)27/h5,7-14,20H,3-4,6H2,1-2H3. The van der Waals surface area contributed by atoms with Gasteiger partial charge in [0.05, 0.1) is 20.8 Å². The molecule has 1 unspecified atom stereocenters. The van der Waals surface area contributed by atoms with Crippen LogP contribution in [0.5, 0.6) is 0 Å². The fourth-order valence-electron chi connectivity index (χ4n) is 3.35. The summed E-state index contributed by atoms with van der Waals surface area (Å²) in [6, 6.07) is 12.4. The quantitative estimate of drug-likeness (QED) is 0.418. The highest BCUT2D eigenvalue weighted by Gasteiger charge is 2.26. The maximum atomic E-state index is 11.4. The van der Waals surface area contributed by atoms with Gasteiger partial charge in [-0.2, -0.15) is 0 Å². The molecule has 0 saturated heterocycles. The summed E-state index contributed by atoms with van der Waals surface area (Å²) in [6.45, 7) is 4.31. The van der Waals surface area contributed by atoms with E-state index in [0.29, 0.717) is 10.8 Å². The number of benzene rings is 2. The average Bonchev–Trinajstić information content (AvgIpc) is 2.68. The van der Waals surface area contributed by atoms with Crippen LogP contribution in [0.2, 0.25) is 0 Å². The topological polar surface area (TPSA) is 86.3 Å². The Morgan fingerprint density at radius 1 is 1.04 bits per heavy atom. The first-order chi connectivity index (χ1) is 13.4. The van der Waals surface area contributed by atoms with Gasteiger partial charge in [0.1, 0.15) is 0 Å². The van der Waals surface area contributed by atoms with Gasteiger partial charge in [0, 0.05) is 11.3 Å². The van der Waals surface area contributed by atoms with Crippen molar-refractivity contribution in [2.24, 2.45) is 0 Å². The molecule has 1 aliphatic rings.